The normalized spacial score (nSPS) is 22.0. The van der Waals surface area contributed by atoms with Gasteiger partial charge in [-0.15, -0.1) is 0 Å². The van der Waals surface area contributed by atoms with E-state index in [1.165, 1.54) is 0 Å². The average Bonchev–Trinajstić information content (AvgIpc) is 3.13. The van der Waals surface area contributed by atoms with Gasteiger partial charge in [0.25, 0.3) is 0 Å². The topological polar surface area (TPSA) is 81.1 Å². The summed E-state index contributed by atoms with van der Waals surface area (Å²) in [7, 11) is -3.12. The Morgan fingerprint density at radius 3 is 2.83 bits per heavy atom. The van der Waals surface area contributed by atoms with Crippen molar-refractivity contribution in [2.45, 2.75) is 69.7 Å². The second kappa shape index (κ2) is 6.63. The van der Waals surface area contributed by atoms with E-state index in [2.05, 4.69) is 14.9 Å². The number of carbonyl (C=O) groups excluding carboxylic acids is 1. The number of nitrogens with zero attached hydrogens (tertiary/aromatic N) is 2. The van der Waals surface area contributed by atoms with Crippen LogP contribution in [0, 0.1) is 6.92 Å². The lowest BCUT2D eigenvalue weighted by Gasteiger charge is -2.24. The van der Waals surface area contributed by atoms with Crippen molar-refractivity contribution in [3.8, 4) is 0 Å². The predicted octanol–water partition coefficient (Wildman–Crippen LogP) is 1.37. The van der Waals surface area contributed by atoms with Crippen LogP contribution in [0.2, 0.25) is 0 Å². The van der Waals surface area contributed by atoms with Gasteiger partial charge in [-0.25, -0.2) is 13.4 Å². The molecule has 7 heteroatoms. The van der Waals surface area contributed by atoms with Gasteiger partial charge in [0.05, 0.1) is 16.7 Å². The number of aryl methyl sites for hydroxylation is 2. The van der Waals surface area contributed by atoms with Crippen LogP contribution < -0.4 is 5.32 Å². The molecule has 1 atom stereocenters. The molecule has 0 bridgehead atoms. The summed E-state index contributed by atoms with van der Waals surface area (Å²) in [5.74, 6) is 0.889. The summed E-state index contributed by atoms with van der Waals surface area (Å²) >= 11 is 0. The number of carbonyl (C=O) groups is 1. The van der Waals surface area contributed by atoms with Crippen molar-refractivity contribution in [2.75, 3.05) is 5.75 Å². The van der Waals surface area contributed by atoms with Crippen LogP contribution in [0.1, 0.15) is 50.0 Å². The molecule has 0 radical (unpaired) electrons. The van der Waals surface area contributed by atoms with E-state index in [1.54, 1.807) is 0 Å². The van der Waals surface area contributed by atoms with Gasteiger partial charge < -0.3 is 9.88 Å². The number of nitrogens with one attached hydrogen (secondary N) is 1. The molecular weight excluding hydrogens is 314 g/mol. The molecule has 2 aliphatic rings. The van der Waals surface area contributed by atoms with Crippen molar-refractivity contribution >= 4 is 15.7 Å². The Balaban J connectivity index is 1.48. The first kappa shape index (κ1) is 16.5. The molecule has 1 aliphatic carbocycles. The lowest BCUT2D eigenvalue weighted by molar-refractivity contribution is -0.121. The summed E-state index contributed by atoms with van der Waals surface area (Å²) in [5, 5.41) is 2.76. The Morgan fingerprint density at radius 1 is 1.35 bits per heavy atom. The summed E-state index contributed by atoms with van der Waals surface area (Å²) < 4.78 is 26.5. The molecule has 0 spiro atoms. The first-order valence-electron chi connectivity index (χ1n) is 8.47. The third kappa shape index (κ3) is 3.94. The molecule has 1 aromatic rings. The number of hydrogen-bond donors (Lipinski definition) is 1. The minimum absolute atomic E-state index is 0.0222. The van der Waals surface area contributed by atoms with Crippen LogP contribution in [0.15, 0.2) is 6.20 Å². The van der Waals surface area contributed by atoms with E-state index in [0.29, 0.717) is 0 Å². The molecule has 0 unspecified atom stereocenters. The lowest BCUT2D eigenvalue weighted by atomic mass is 10.1. The fourth-order valence-corrected chi connectivity index (χ4v) is 5.51. The van der Waals surface area contributed by atoms with E-state index >= 15 is 0 Å². The molecule has 1 amide bonds. The van der Waals surface area contributed by atoms with Gasteiger partial charge in [0.15, 0.2) is 9.84 Å². The summed E-state index contributed by atoms with van der Waals surface area (Å²) in [6, 6.07) is 0.0674. The molecule has 3 rings (SSSR count). The minimum Gasteiger partial charge on any atom is -0.352 e. The van der Waals surface area contributed by atoms with Gasteiger partial charge in [-0.2, -0.15) is 0 Å². The zero-order valence-electron chi connectivity index (χ0n) is 13.6. The fourth-order valence-electron chi connectivity index (χ4n) is 3.65. The van der Waals surface area contributed by atoms with Crippen LogP contribution in [0.5, 0.6) is 0 Å². The second-order valence-corrected chi connectivity index (χ2v) is 9.18. The highest BCUT2D eigenvalue weighted by Gasteiger charge is 2.29. The zero-order valence-corrected chi connectivity index (χ0v) is 14.4. The molecule has 1 saturated carbocycles. The highest BCUT2D eigenvalue weighted by Crippen LogP contribution is 2.25. The smallest absolute Gasteiger partial charge is 0.221 e. The SMILES string of the molecule is Cc1cn2c(n1)CC[C@@H](NC(=O)CCS(=O)(=O)C1CCCC1)C2. The minimum atomic E-state index is -3.12. The van der Waals surface area contributed by atoms with E-state index in [4.69, 9.17) is 0 Å². The molecule has 23 heavy (non-hydrogen) atoms. The van der Waals surface area contributed by atoms with E-state index in [-0.39, 0.29) is 29.4 Å². The van der Waals surface area contributed by atoms with E-state index in [1.807, 2.05) is 13.1 Å². The van der Waals surface area contributed by atoms with E-state index in [9.17, 15) is 13.2 Å². The lowest BCUT2D eigenvalue weighted by Crippen LogP contribution is -2.41. The van der Waals surface area contributed by atoms with E-state index < -0.39 is 9.84 Å². The van der Waals surface area contributed by atoms with Crippen molar-refractivity contribution < 1.29 is 13.2 Å². The Labute approximate surface area is 137 Å². The van der Waals surface area contributed by atoms with Gasteiger partial charge >= 0.3 is 0 Å². The number of hydrogen-bond acceptors (Lipinski definition) is 4. The van der Waals surface area contributed by atoms with Crippen molar-refractivity contribution in [1.29, 1.82) is 0 Å². The summed E-state index contributed by atoms with van der Waals surface area (Å²) in [5.41, 5.74) is 0.995. The van der Waals surface area contributed by atoms with Crippen molar-refractivity contribution in [3.05, 3.63) is 17.7 Å². The fraction of sp³-hybridized carbons (Fsp3) is 0.750. The van der Waals surface area contributed by atoms with Crippen LogP contribution in [-0.4, -0.2) is 40.9 Å². The van der Waals surface area contributed by atoms with Crippen LogP contribution in [-0.2, 0) is 27.6 Å². The third-order valence-electron chi connectivity index (χ3n) is 4.90. The highest BCUT2D eigenvalue weighted by molar-refractivity contribution is 7.92. The molecule has 1 aromatic heterocycles. The van der Waals surface area contributed by atoms with Gasteiger partial charge in [0.1, 0.15) is 5.82 Å². The van der Waals surface area contributed by atoms with Crippen molar-refractivity contribution in [3.63, 3.8) is 0 Å². The van der Waals surface area contributed by atoms with Gasteiger partial charge in [0.2, 0.25) is 5.91 Å². The van der Waals surface area contributed by atoms with Gasteiger partial charge in [-0.3, -0.25) is 4.79 Å². The first-order valence-corrected chi connectivity index (χ1v) is 10.2. The largest absolute Gasteiger partial charge is 0.352 e. The molecule has 1 aliphatic heterocycles. The molecule has 128 valence electrons. The quantitative estimate of drug-likeness (QED) is 0.878. The van der Waals surface area contributed by atoms with Crippen molar-refractivity contribution in [2.24, 2.45) is 0 Å². The number of aromatic nitrogens is 2. The molecule has 1 N–H and O–H groups in total. The standard InChI is InChI=1S/C16H25N3O3S/c1-12-10-19-11-13(6-7-15(19)17-12)18-16(20)8-9-23(21,22)14-4-2-3-5-14/h10,13-14H,2-9,11H2,1H3,(H,18,20)/t13-/m1/s1. The van der Waals surface area contributed by atoms with Gasteiger partial charge in [0, 0.05) is 31.6 Å². The summed E-state index contributed by atoms with van der Waals surface area (Å²) in [4.78, 5) is 16.5. The predicted molar refractivity (Wildman–Crippen MR) is 87.9 cm³/mol. The Kier molecular flexibility index (Phi) is 4.75. The molecule has 2 heterocycles. The Morgan fingerprint density at radius 2 is 2.09 bits per heavy atom. The maximum Gasteiger partial charge on any atom is 0.221 e. The number of amides is 1. The third-order valence-corrected chi connectivity index (χ3v) is 7.16. The maximum absolute atomic E-state index is 12.2. The average molecular weight is 339 g/mol. The van der Waals surface area contributed by atoms with Crippen molar-refractivity contribution in [1.82, 2.24) is 14.9 Å². The van der Waals surface area contributed by atoms with Crippen LogP contribution in [0.3, 0.4) is 0 Å². The molecule has 0 saturated heterocycles. The molecular formula is C16H25N3O3S. The summed E-state index contributed by atoms with van der Waals surface area (Å²) in [6.07, 6.45) is 7.28. The van der Waals surface area contributed by atoms with Crippen LogP contribution in [0.25, 0.3) is 0 Å². The van der Waals surface area contributed by atoms with Gasteiger partial charge in [-0.05, 0) is 26.2 Å². The number of imidazole rings is 1. The number of rotatable bonds is 5. The van der Waals surface area contributed by atoms with Gasteiger partial charge in [-0.1, -0.05) is 12.8 Å². The van der Waals surface area contributed by atoms with Crippen LogP contribution >= 0.6 is 0 Å². The highest BCUT2D eigenvalue weighted by atomic mass is 32.2. The Hall–Kier alpha value is -1.37. The van der Waals surface area contributed by atoms with Crippen LogP contribution in [0.4, 0.5) is 0 Å². The Bertz CT molecular complexity index is 675. The number of sulfone groups is 1. The maximum atomic E-state index is 12.2. The molecule has 1 fully saturated rings. The zero-order chi connectivity index (χ0) is 16.4. The van der Waals surface area contributed by atoms with E-state index in [0.717, 1.165) is 56.6 Å². The second-order valence-electron chi connectivity index (χ2n) is 6.78. The summed E-state index contributed by atoms with van der Waals surface area (Å²) in [6.45, 7) is 2.68. The monoisotopic (exact) mass is 339 g/mol. The molecule has 0 aromatic carbocycles. The first-order chi connectivity index (χ1) is 10.9. The number of fused-ring (bicyclic) bond motifs is 1. The molecule has 6 nitrogen and oxygen atoms in total.